The highest BCUT2D eigenvalue weighted by Gasteiger charge is 2.36. The summed E-state index contributed by atoms with van der Waals surface area (Å²) in [6.45, 7) is 3.62. The molecule has 0 atom stereocenters. The molecule has 0 bridgehead atoms. The molecule has 3 rings (SSSR count). The Hall–Kier alpha value is -0.470. The number of ether oxygens (including phenoxy) is 1. The van der Waals surface area contributed by atoms with Gasteiger partial charge in [0.15, 0.2) is 5.96 Å². The van der Waals surface area contributed by atoms with Gasteiger partial charge in [0.25, 0.3) is 0 Å². The minimum atomic E-state index is 0. The number of rotatable bonds is 6. The number of thioether (sulfide) groups is 1. The van der Waals surface area contributed by atoms with E-state index in [0.29, 0.717) is 0 Å². The number of halogens is 1. The zero-order valence-corrected chi connectivity index (χ0v) is 19.8. The lowest BCUT2D eigenvalue weighted by molar-refractivity contribution is 0.0783. The van der Waals surface area contributed by atoms with Crippen LogP contribution >= 0.6 is 35.7 Å². The van der Waals surface area contributed by atoms with Gasteiger partial charge in [0.2, 0.25) is 0 Å². The second kappa shape index (κ2) is 10.9. The summed E-state index contributed by atoms with van der Waals surface area (Å²) in [6.07, 6.45) is 9.57. The van der Waals surface area contributed by atoms with Gasteiger partial charge < -0.3 is 15.4 Å². The van der Waals surface area contributed by atoms with Crippen LogP contribution in [0.2, 0.25) is 0 Å². The average molecular weight is 503 g/mol. The van der Waals surface area contributed by atoms with Crippen molar-refractivity contribution in [1.29, 1.82) is 0 Å². The van der Waals surface area contributed by atoms with Gasteiger partial charge in [-0.25, -0.2) is 0 Å². The standard InChI is InChI=1S/C21H33N3OS.HI/c1-22-19(24-17-21(26-2)12-14-25-15-13-21)23-16-20(10-6-7-11-20)18-8-4-3-5-9-18;/h3-5,8-9H,6-7,10-17H2,1-2H3,(H2,22,23,24);1H. The maximum atomic E-state index is 5.55. The number of hydrogen-bond donors (Lipinski definition) is 2. The van der Waals surface area contributed by atoms with Crippen LogP contribution in [0.5, 0.6) is 0 Å². The third kappa shape index (κ3) is 5.76. The summed E-state index contributed by atoms with van der Waals surface area (Å²) in [4.78, 5) is 4.48. The fourth-order valence-corrected chi connectivity index (χ4v) is 5.12. The van der Waals surface area contributed by atoms with Crippen molar-refractivity contribution >= 4 is 41.7 Å². The van der Waals surface area contributed by atoms with Crippen LogP contribution in [-0.2, 0) is 10.2 Å². The van der Waals surface area contributed by atoms with Crippen molar-refractivity contribution in [2.75, 3.05) is 39.6 Å². The number of hydrogen-bond acceptors (Lipinski definition) is 3. The highest BCUT2D eigenvalue weighted by molar-refractivity contribution is 14.0. The highest BCUT2D eigenvalue weighted by Crippen LogP contribution is 2.40. The molecule has 2 fully saturated rings. The maximum absolute atomic E-state index is 5.55. The largest absolute Gasteiger partial charge is 0.381 e. The average Bonchev–Trinajstić information content (AvgIpc) is 3.20. The molecule has 2 aliphatic rings. The molecule has 0 radical (unpaired) electrons. The minimum absolute atomic E-state index is 0. The summed E-state index contributed by atoms with van der Waals surface area (Å²) >= 11 is 1.96. The molecule has 1 heterocycles. The molecule has 2 N–H and O–H groups in total. The lowest BCUT2D eigenvalue weighted by Crippen LogP contribution is -2.50. The maximum Gasteiger partial charge on any atom is 0.191 e. The third-order valence-electron chi connectivity index (χ3n) is 6.18. The summed E-state index contributed by atoms with van der Waals surface area (Å²) in [5.41, 5.74) is 1.71. The molecule has 1 aliphatic carbocycles. The van der Waals surface area contributed by atoms with E-state index in [2.05, 4.69) is 52.2 Å². The van der Waals surface area contributed by atoms with Gasteiger partial charge in [0, 0.05) is 43.5 Å². The molecule has 0 amide bonds. The highest BCUT2D eigenvalue weighted by atomic mass is 127. The summed E-state index contributed by atoms with van der Waals surface area (Å²) in [5, 5.41) is 7.22. The summed E-state index contributed by atoms with van der Waals surface area (Å²) in [6, 6.07) is 11.0. The van der Waals surface area contributed by atoms with Gasteiger partial charge in [-0.3, -0.25) is 4.99 Å². The van der Waals surface area contributed by atoms with Crippen LogP contribution < -0.4 is 10.6 Å². The van der Waals surface area contributed by atoms with E-state index in [1.165, 1.54) is 31.2 Å². The molecule has 1 saturated carbocycles. The van der Waals surface area contributed by atoms with Crippen LogP contribution in [0.15, 0.2) is 35.3 Å². The van der Waals surface area contributed by atoms with Crippen LogP contribution in [0, 0.1) is 0 Å². The SMILES string of the molecule is CN=C(NCC1(SC)CCOCC1)NCC1(c2ccccc2)CCCC1.I. The van der Waals surface area contributed by atoms with E-state index in [9.17, 15) is 0 Å². The molecular weight excluding hydrogens is 469 g/mol. The minimum Gasteiger partial charge on any atom is -0.381 e. The Balaban J connectivity index is 0.00000261. The molecule has 1 saturated heterocycles. The zero-order valence-electron chi connectivity index (χ0n) is 16.6. The fraction of sp³-hybridized carbons (Fsp3) is 0.667. The van der Waals surface area contributed by atoms with Crippen LogP contribution in [0.3, 0.4) is 0 Å². The van der Waals surface area contributed by atoms with Crippen molar-refractivity contribution in [3.05, 3.63) is 35.9 Å². The van der Waals surface area contributed by atoms with E-state index in [0.717, 1.165) is 45.1 Å². The number of benzene rings is 1. The van der Waals surface area contributed by atoms with Gasteiger partial charge in [-0.2, -0.15) is 11.8 Å². The molecule has 1 aromatic rings. The van der Waals surface area contributed by atoms with Crippen molar-refractivity contribution in [2.45, 2.75) is 48.7 Å². The van der Waals surface area contributed by atoms with Crippen LogP contribution in [-0.4, -0.2) is 50.3 Å². The number of aliphatic imine (C=N–C) groups is 1. The molecule has 0 aromatic heterocycles. The van der Waals surface area contributed by atoms with Gasteiger partial charge in [0.1, 0.15) is 0 Å². The fourth-order valence-electron chi connectivity index (χ4n) is 4.33. The third-order valence-corrected chi connectivity index (χ3v) is 7.60. The predicted octanol–water partition coefficient (Wildman–Crippen LogP) is 4.19. The topological polar surface area (TPSA) is 45.7 Å². The Morgan fingerprint density at radius 1 is 1.04 bits per heavy atom. The first-order chi connectivity index (χ1) is 12.7. The van der Waals surface area contributed by atoms with Gasteiger partial charge in [-0.05, 0) is 37.5 Å². The van der Waals surface area contributed by atoms with E-state index in [1.807, 2.05) is 18.8 Å². The van der Waals surface area contributed by atoms with Crippen molar-refractivity contribution in [3.63, 3.8) is 0 Å². The first-order valence-corrected chi connectivity index (χ1v) is 11.1. The van der Waals surface area contributed by atoms with Crippen LogP contribution in [0.25, 0.3) is 0 Å². The van der Waals surface area contributed by atoms with Crippen LogP contribution in [0.4, 0.5) is 0 Å². The number of nitrogens with zero attached hydrogens (tertiary/aromatic N) is 1. The van der Waals surface area contributed by atoms with E-state index in [-0.39, 0.29) is 34.1 Å². The Morgan fingerprint density at radius 2 is 1.67 bits per heavy atom. The number of guanidine groups is 1. The molecule has 1 aromatic carbocycles. The van der Waals surface area contributed by atoms with E-state index in [4.69, 9.17) is 4.74 Å². The van der Waals surface area contributed by atoms with Gasteiger partial charge in [-0.15, -0.1) is 24.0 Å². The molecular formula is C21H34IN3OS. The molecule has 152 valence electrons. The van der Waals surface area contributed by atoms with Crippen molar-refractivity contribution < 1.29 is 4.74 Å². The van der Waals surface area contributed by atoms with Gasteiger partial charge >= 0.3 is 0 Å². The van der Waals surface area contributed by atoms with Gasteiger partial charge in [0.05, 0.1) is 0 Å². The van der Waals surface area contributed by atoms with Gasteiger partial charge in [-0.1, -0.05) is 43.2 Å². The lowest BCUT2D eigenvalue weighted by Gasteiger charge is -2.36. The summed E-state index contributed by atoms with van der Waals surface area (Å²) < 4.78 is 5.81. The van der Waals surface area contributed by atoms with Crippen LogP contribution in [0.1, 0.15) is 44.1 Å². The smallest absolute Gasteiger partial charge is 0.191 e. The normalized spacial score (nSPS) is 21.3. The molecule has 6 heteroatoms. The lowest BCUT2D eigenvalue weighted by atomic mass is 9.79. The molecule has 0 unspecified atom stereocenters. The molecule has 27 heavy (non-hydrogen) atoms. The Kier molecular flexibility index (Phi) is 9.22. The Labute approximate surface area is 185 Å². The molecule has 1 aliphatic heterocycles. The summed E-state index contributed by atoms with van der Waals surface area (Å²) in [5.74, 6) is 0.923. The van der Waals surface area contributed by atoms with E-state index >= 15 is 0 Å². The monoisotopic (exact) mass is 503 g/mol. The molecule has 0 spiro atoms. The van der Waals surface area contributed by atoms with E-state index < -0.39 is 0 Å². The van der Waals surface area contributed by atoms with E-state index in [1.54, 1.807) is 0 Å². The Morgan fingerprint density at radius 3 is 2.26 bits per heavy atom. The Bertz CT molecular complexity index is 584. The second-order valence-electron chi connectivity index (χ2n) is 7.63. The number of nitrogens with one attached hydrogen (secondary N) is 2. The quantitative estimate of drug-likeness (QED) is 0.347. The first kappa shape index (κ1) is 22.8. The van der Waals surface area contributed by atoms with Crippen molar-refractivity contribution in [1.82, 2.24) is 10.6 Å². The zero-order chi connectivity index (χ0) is 18.3. The molecule has 4 nitrogen and oxygen atoms in total. The predicted molar refractivity (Wildman–Crippen MR) is 128 cm³/mol. The summed E-state index contributed by atoms with van der Waals surface area (Å²) in [7, 11) is 1.87. The van der Waals surface area contributed by atoms with Crippen molar-refractivity contribution in [2.24, 2.45) is 4.99 Å². The first-order valence-electron chi connectivity index (χ1n) is 9.85. The van der Waals surface area contributed by atoms with Crippen molar-refractivity contribution in [3.8, 4) is 0 Å². The second-order valence-corrected chi connectivity index (χ2v) is 8.91.